The van der Waals surface area contributed by atoms with Crippen LogP contribution in [0.5, 0.6) is 11.5 Å². The van der Waals surface area contributed by atoms with Gasteiger partial charge in [-0.25, -0.2) is 0 Å². The number of nitrogens with zero attached hydrogens (tertiary/aromatic N) is 1. The zero-order valence-electron chi connectivity index (χ0n) is 12.8. The monoisotopic (exact) mass is 303 g/mol. The summed E-state index contributed by atoms with van der Waals surface area (Å²) in [5.74, 6) is 2.23. The van der Waals surface area contributed by atoms with Gasteiger partial charge in [0.25, 0.3) is 0 Å². The average molecular weight is 303 g/mol. The Balaban J connectivity index is 1.56. The molecule has 114 valence electrons. The Morgan fingerprint density at radius 3 is 2.65 bits per heavy atom. The Hall–Kier alpha value is -2.55. The highest BCUT2D eigenvalue weighted by Gasteiger charge is 2.22. The summed E-state index contributed by atoms with van der Waals surface area (Å²) < 4.78 is 11.0. The molecule has 2 aromatic carbocycles. The highest BCUT2D eigenvalue weighted by molar-refractivity contribution is 5.84. The lowest BCUT2D eigenvalue weighted by Gasteiger charge is -2.24. The third-order valence-electron chi connectivity index (χ3n) is 4.94. The molecule has 0 saturated carbocycles. The summed E-state index contributed by atoms with van der Waals surface area (Å²) in [6, 6.07) is 17.2. The number of aryl methyl sites for hydroxylation is 1. The van der Waals surface area contributed by atoms with Gasteiger partial charge >= 0.3 is 0 Å². The van der Waals surface area contributed by atoms with Crippen LogP contribution >= 0.6 is 0 Å². The lowest BCUT2D eigenvalue weighted by molar-refractivity contribution is 0.174. The molecule has 3 aromatic rings. The maximum absolute atomic E-state index is 5.49. The van der Waals surface area contributed by atoms with Gasteiger partial charge in [-0.05, 0) is 48.4 Å². The van der Waals surface area contributed by atoms with E-state index in [1.807, 2.05) is 6.07 Å². The van der Waals surface area contributed by atoms with Gasteiger partial charge in [-0.15, -0.1) is 0 Å². The summed E-state index contributed by atoms with van der Waals surface area (Å²) in [7, 11) is 0. The van der Waals surface area contributed by atoms with Crippen molar-refractivity contribution in [2.75, 3.05) is 6.79 Å². The predicted octanol–water partition coefficient (Wildman–Crippen LogP) is 4.24. The van der Waals surface area contributed by atoms with E-state index in [9.17, 15) is 0 Å². The summed E-state index contributed by atoms with van der Waals surface area (Å²) >= 11 is 0. The first-order valence-electron chi connectivity index (χ1n) is 8.14. The first-order valence-corrected chi connectivity index (χ1v) is 8.14. The second-order valence-electron chi connectivity index (χ2n) is 6.34. The molecule has 3 nitrogen and oxygen atoms in total. The van der Waals surface area contributed by atoms with Crippen LogP contribution < -0.4 is 9.47 Å². The van der Waals surface area contributed by atoms with E-state index in [2.05, 4.69) is 42.5 Å². The maximum atomic E-state index is 5.49. The molecule has 0 spiro atoms. The minimum Gasteiger partial charge on any atom is -0.454 e. The fourth-order valence-electron chi connectivity index (χ4n) is 3.73. The van der Waals surface area contributed by atoms with Crippen LogP contribution in [0.3, 0.4) is 0 Å². The predicted molar refractivity (Wildman–Crippen MR) is 89.1 cm³/mol. The lowest BCUT2D eigenvalue weighted by atomic mass is 9.82. The molecule has 2 aliphatic rings. The van der Waals surface area contributed by atoms with E-state index in [1.165, 1.54) is 23.2 Å². The number of rotatable bonds is 1. The van der Waals surface area contributed by atoms with Gasteiger partial charge in [-0.1, -0.05) is 30.3 Å². The van der Waals surface area contributed by atoms with Crippen molar-refractivity contribution in [2.24, 2.45) is 0 Å². The van der Waals surface area contributed by atoms with Crippen LogP contribution in [-0.4, -0.2) is 11.8 Å². The SMILES string of the molecule is c1ccc([C@@H]2CCc3nc4cc5c(cc4cc3C2)OCO5)cc1. The number of hydrogen-bond donors (Lipinski definition) is 0. The number of hydrogen-bond acceptors (Lipinski definition) is 3. The fourth-order valence-corrected chi connectivity index (χ4v) is 3.73. The summed E-state index contributed by atoms with van der Waals surface area (Å²) in [5, 5.41) is 1.14. The third-order valence-corrected chi connectivity index (χ3v) is 4.94. The minimum absolute atomic E-state index is 0.307. The molecule has 0 bridgehead atoms. The van der Waals surface area contributed by atoms with Crippen LogP contribution in [0.2, 0.25) is 0 Å². The number of ether oxygens (including phenoxy) is 2. The average Bonchev–Trinajstić information content (AvgIpc) is 3.05. The first kappa shape index (κ1) is 12.9. The molecule has 2 heterocycles. The second-order valence-corrected chi connectivity index (χ2v) is 6.34. The molecule has 0 unspecified atom stereocenters. The first-order chi connectivity index (χ1) is 11.4. The minimum atomic E-state index is 0.307. The van der Waals surface area contributed by atoms with E-state index >= 15 is 0 Å². The molecule has 0 N–H and O–H groups in total. The standard InChI is InChI=1S/C20H17NO2/c1-2-4-13(5-3-1)14-6-7-17-15(8-14)9-16-10-19-20(23-12-22-19)11-18(16)21-17/h1-5,9-11,14H,6-8,12H2/t14-/m1/s1. The van der Waals surface area contributed by atoms with Crippen molar-refractivity contribution in [1.82, 2.24) is 4.98 Å². The van der Waals surface area contributed by atoms with Crippen molar-refractivity contribution in [2.45, 2.75) is 25.2 Å². The van der Waals surface area contributed by atoms with Gasteiger partial charge < -0.3 is 9.47 Å². The molecule has 0 fully saturated rings. The van der Waals surface area contributed by atoms with Gasteiger partial charge in [0.15, 0.2) is 11.5 Å². The summed E-state index contributed by atoms with van der Waals surface area (Å²) in [6.07, 6.45) is 3.27. The topological polar surface area (TPSA) is 31.4 Å². The quantitative estimate of drug-likeness (QED) is 0.674. The Morgan fingerprint density at radius 1 is 0.957 bits per heavy atom. The Morgan fingerprint density at radius 2 is 1.78 bits per heavy atom. The lowest BCUT2D eigenvalue weighted by Crippen LogP contribution is -2.14. The maximum Gasteiger partial charge on any atom is 0.231 e. The van der Waals surface area contributed by atoms with Crippen LogP contribution in [0.4, 0.5) is 0 Å². The van der Waals surface area contributed by atoms with Crippen LogP contribution in [0.25, 0.3) is 10.9 Å². The van der Waals surface area contributed by atoms with Gasteiger partial charge in [0.05, 0.1) is 5.52 Å². The largest absolute Gasteiger partial charge is 0.454 e. The number of benzene rings is 2. The van der Waals surface area contributed by atoms with E-state index in [0.717, 1.165) is 35.2 Å². The molecule has 1 aliphatic heterocycles. The normalized spacial score (nSPS) is 18.9. The molecule has 1 aliphatic carbocycles. The van der Waals surface area contributed by atoms with Crippen LogP contribution in [0.15, 0.2) is 48.5 Å². The van der Waals surface area contributed by atoms with Crippen LogP contribution in [-0.2, 0) is 12.8 Å². The van der Waals surface area contributed by atoms with Crippen molar-refractivity contribution >= 4 is 10.9 Å². The Kier molecular flexibility index (Phi) is 2.80. The molecule has 23 heavy (non-hydrogen) atoms. The zero-order valence-corrected chi connectivity index (χ0v) is 12.8. The van der Waals surface area contributed by atoms with Crippen molar-refractivity contribution < 1.29 is 9.47 Å². The number of aromatic nitrogens is 1. The van der Waals surface area contributed by atoms with E-state index < -0.39 is 0 Å². The summed E-state index contributed by atoms with van der Waals surface area (Å²) in [6.45, 7) is 0.307. The van der Waals surface area contributed by atoms with Crippen LogP contribution in [0.1, 0.15) is 29.2 Å². The highest BCUT2D eigenvalue weighted by atomic mass is 16.7. The van der Waals surface area contributed by atoms with Gasteiger partial charge in [-0.3, -0.25) is 4.98 Å². The molecule has 5 rings (SSSR count). The smallest absolute Gasteiger partial charge is 0.231 e. The van der Waals surface area contributed by atoms with Gasteiger partial charge in [0, 0.05) is 17.1 Å². The van der Waals surface area contributed by atoms with Crippen molar-refractivity contribution in [3.8, 4) is 11.5 Å². The van der Waals surface area contributed by atoms with Crippen molar-refractivity contribution in [3.05, 3.63) is 65.4 Å². The molecular weight excluding hydrogens is 286 g/mol. The molecule has 0 saturated heterocycles. The molecule has 0 amide bonds. The van der Waals surface area contributed by atoms with E-state index in [4.69, 9.17) is 14.5 Å². The Bertz CT molecular complexity index is 889. The second kappa shape index (κ2) is 4.98. The number of fused-ring (bicyclic) bond motifs is 3. The Labute approximate surface area is 134 Å². The molecule has 1 atom stereocenters. The molecule has 3 heteroatoms. The van der Waals surface area contributed by atoms with Gasteiger partial charge in [0.1, 0.15) is 0 Å². The summed E-state index contributed by atoms with van der Waals surface area (Å²) in [4.78, 5) is 4.89. The number of pyridine rings is 1. The van der Waals surface area contributed by atoms with E-state index in [1.54, 1.807) is 0 Å². The van der Waals surface area contributed by atoms with Crippen molar-refractivity contribution in [3.63, 3.8) is 0 Å². The van der Waals surface area contributed by atoms with Gasteiger partial charge in [-0.2, -0.15) is 0 Å². The van der Waals surface area contributed by atoms with E-state index in [-0.39, 0.29) is 0 Å². The summed E-state index contributed by atoms with van der Waals surface area (Å²) in [5.41, 5.74) is 5.05. The fraction of sp³-hybridized carbons (Fsp3) is 0.250. The highest BCUT2D eigenvalue weighted by Crippen LogP contribution is 2.38. The molecular formula is C20H17NO2. The van der Waals surface area contributed by atoms with Gasteiger partial charge in [0.2, 0.25) is 6.79 Å². The van der Waals surface area contributed by atoms with Crippen molar-refractivity contribution in [1.29, 1.82) is 0 Å². The zero-order chi connectivity index (χ0) is 15.2. The van der Waals surface area contributed by atoms with E-state index in [0.29, 0.717) is 12.7 Å². The molecule has 0 radical (unpaired) electrons. The third kappa shape index (κ3) is 2.15. The molecule has 1 aromatic heterocycles. The van der Waals surface area contributed by atoms with Crippen LogP contribution in [0, 0.1) is 0 Å².